The minimum absolute atomic E-state index is 0. The van der Waals surface area contributed by atoms with Crippen LogP contribution in [0.25, 0.3) is 10.8 Å². The minimum Gasteiger partial charge on any atom is -0.339 e. The largest absolute Gasteiger partial charge is 0.339 e. The van der Waals surface area contributed by atoms with E-state index < -0.39 is 0 Å². The molecule has 1 aliphatic heterocycles. The van der Waals surface area contributed by atoms with Gasteiger partial charge in [0.1, 0.15) is 0 Å². The molecule has 2 fully saturated rings. The number of nitrogens with zero attached hydrogens (tertiary/aromatic N) is 1. The van der Waals surface area contributed by atoms with Gasteiger partial charge in [-0.1, -0.05) is 42.5 Å². The average molecular weight is 345 g/mol. The maximum atomic E-state index is 12.9. The van der Waals surface area contributed by atoms with Crippen LogP contribution in [-0.4, -0.2) is 29.9 Å². The van der Waals surface area contributed by atoms with Crippen LogP contribution in [0.3, 0.4) is 0 Å². The summed E-state index contributed by atoms with van der Waals surface area (Å²) in [4.78, 5) is 15.0. The Balaban J connectivity index is 0.00000169. The number of halogens is 1. The number of hydrogen-bond acceptors (Lipinski definition) is 2. The van der Waals surface area contributed by atoms with Gasteiger partial charge in [0.05, 0.1) is 0 Å². The first-order valence-electron chi connectivity index (χ1n) is 8.67. The smallest absolute Gasteiger partial charge is 0.226 e. The van der Waals surface area contributed by atoms with E-state index in [0.717, 1.165) is 19.4 Å². The predicted molar refractivity (Wildman–Crippen MR) is 100 cm³/mol. The van der Waals surface area contributed by atoms with E-state index in [4.69, 9.17) is 5.73 Å². The van der Waals surface area contributed by atoms with E-state index in [1.54, 1.807) is 0 Å². The lowest BCUT2D eigenvalue weighted by Crippen LogP contribution is -2.35. The quantitative estimate of drug-likeness (QED) is 0.925. The van der Waals surface area contributed by atoms with Gasteiger partial charge in [-0.3, -0.25) is 4.79 Å². The maximum absolute atomic E-state index is 12.9. The number of likely N-dealkylation sites (tertiary alicyclic amines) is 1. The number of rotatable bonds is 3. The van der Waals surface area contributed by atoms with Gasteiger partial charge < -0.3 is 10.6 Å². The van der Waals surface area contributed by atoms with Crippen molar-refractivity contribution >= 4 is 29.1 Å². The van der Waals surface area contributed by atoms with Crippen molar-refractivity contribution in [2.24, 2.45) is 17.6 Å². The highest BCUT2D eigenvalue weighted by atomic mass is 35.5. The molecule has 2 aromatic rings. The number of carbonyl (C=O) groups excluding carboxylic acids is 1. The van der Waals surface area contributed by atoms with Gasteiger partial charge >= 0.3 is 0 Å². The van der Waals surface area contributed by atoms with Crippen molar-refractivity contribution < 1.29 is 4.79 Å². The molecule has 1 heterocycles. The summed E-state index contributed by atoms with van der Waals surface area (Å²) in [5.41, 5.74) is 7.13. The first-order valence-corrected chi connectivity index (χ1v) is 8.67. The van der Waals surface area contributed by atoms with Crippen LogP contribution < -0.4 is 5.73 Å². The van der Waals surface area contributed by atoms with Gasteiger partial charge in [-0.05, 0) is 54.5 Å². The van der Waals surface area contributed by atoms with Crippen molar-refractivity contribution in [3.05, 3.63) is 48.0 Å². The summed E-state index contributed by atoms with van der Waals surface area (Å²) in [6.45, 7) is 3.68. The molecular formula is C20H25ClN2O. The van der Waals surface area contributed by atoms with Crippen molar-refractivity contribution in [1.82, 2.24) is 4.90 Å². The van der Waals surface area contributed by atoms with Gasteiger partial charge in [0.15, 0.2) is 0 Å². The summed E-state index contributed by atoms with van der Waals surface area (Å²) in [6.07, 6.45) is 2.04. The van der Waals surface area contributed by atoms with Gasteiger partial charge in [-0.25, -0.2) is 0 Å². The molecule has 4 atom stereocenters. The summed E-state index contributed by atoms with van der Waals surface area (Å²) in [5, 5.41) is 2.56. The predicted octanol–water partition coefficient (Wildman–Crippen LogP) is 3.56. The lowest BCUT2D eigenvalue weighted by Gasteiger charge is -2.22. The zero-order valence-corrected chi connectivity index (χ0v) is 14.8. The van der Waals surface area contributed by atoms with E-state index >= 15 is 0 Å². The Morgan fingerprint density at radius 2 is 1.92 bits per heavy atom. The van der Waals surface area contributed by atoms with Gasteiger partial charge in [0.2, 0.25) is 5.91 Å². The van der Waals surface area contributed by atoms with E-state index in [1.807, 2.05) is 0 Å². The fraction of sp³-hybridized carbons (Fsp3) is 0.450. The molecule has 128 valence electrons. The molecule has 4 heteroatoms. The van der Waals surface area contributed by atoms with Gasteiger partial charge in [0, 0.05) is 18.5 Å². The van der Waals surface area contributed by atoms with Crippen LogP contribution >= 0.6 is 12.4 Å². The summed E-state index contributed by atoms with van der Waals surface area (Å²) in [7, 11) is 0. The molecule has 2 aromatic carbocycles. The Morgan fingerprint density at radius 3 is 2.67 bits per heavy atom. The summed E-state index contributed by atoms with van der Waals surface area (Å²) < 4.78 is 0. The third-order valence-electron chi connectivity index (χ3n) is 5.61. The molecule has 0 bridgehead atoms. The van der Waals surface area contributed by atoms with Crippen LogP contribution in [0.1, 0.15) is 31.2 Å². The Morgan fingerprint density at radius 1 is 1.17 bits per heavy atom. The van der Waals surface area contributed by atoms with E-state index in [9.17, 15) is 4.79 Å². The van der Waals surface area contributed by atoms with Crippen molar-refractivity contribution in [3.8, 4) is 0 Å². The molecule has 1 saturated carbocycles. The molecule has 3 nitrogen and oxygen atoms in total. The zero-order valence-electron chi connectivity index (χ0n) is 14.0. The van der Waals surface area contributed by atoms with Crippen LogP contribution in [-0.2, 0) is 4.79 Å². The number of nitrogens with two attached hydrogens (primary N) is 1. The van der Waals surface area contributed by atoms with Gasteiger partial charge in [0.25, 0.3) is 0 Å². The third kappa shape index (κ3) is 2.91. The average Bonchev–Trinajstić information content (AvgIpc) is 3.29. The van der Waals surface area contributed by atoms with E-state index in [1.165, 1.54) is 16.3 Å². The summed E-state index contributed by atoms with van der Waals surface area (Å²) in [5.74, 6) is 1.37. The van der Waals surface area contributed by atoms with Crippen LogP contribution in [0.4, 0.5) is 0 Å². The standard InChI is InChI=1S/C20H24N2O.ClH/c1-13-9-14(11-21)12-22(13)20(23)19-10-18(19)17-8-4-6-15-5-2-3-7-16(15)17;/h2-8,13-14,18-19H,9-12,21H2,1H3;1H. The monoisotopic (exact) mass is 344 g/mol. The molecular weight excluding hydrogens is 320 g/mol. The normalized spacial score (nSPS) is 28.7. The molecule has 1 aliphatic carbocycles. The number of amides is 1. The van der Waals surface area contributed by atoms with E-state index in [2.05, 4.69) is 54.3 Å². The third-order valence-corrected chi connectivity index (χ3v) is 5.61. The minimum atomic E-state index is 0. The first kappa shape index (κ1) is 17.2. The second kappa shape index (κ2) is 6.73. The highest BCUT2D eigenvalue weighted by Crippen LogP contribution is 2.51. The molecule has 0 aromatic heterocycles. The molecule has 0 spiro atoms. The second-order valence-electron chi connectivity index (χ2n) is 7.19. The number of carbonyl (C=O) groups is 1. The number of hydrogen-bond donors (Lipinski definition) is 1. The summed E-state index contributed by atoms with van der Waals surface area (Å²) in [6, 6.07) is 15.3. The first-order chi connectivity index (χ1) is 11.2. The Kier molecular flexibility index (Phi) is 4.84. The van der Waals surface area contributed by atoms with Crippen LogP contribution in [0, 0.1) is 11.8 Å². The molecule has 1 amide bonds. The van der Waals surface area contributed by atoms with Crippen LogP contribution in [0.15, 0.2) is 42.5 Å². The second-order valence-corrected chi connectivity index (χ2v) is 7.19. The SMILES string of the molecule is CC1CC(CN)CN1C(=O)C1CC1c1cccc2ccccc12.Cl. The van der Waals surface area contributed by atoms with Crippen LogP contribution in [0.5, 0.6) is 0 Å². The highest BCUT2D eigenvalue weighted by molar-refractivity contribution is 5.89. The van der Waals surface area contributed by atoms with Gasteiger partial charge in [-0.15, -0.1) is 12.4 Å². The van der Waals surface area contributed by atoms with Crippen molar-refractivity contribution in [1.29, 1.82) is 0 Å². The topological polar surface area (TPSA) is 46.3 Å². The zero-order chi connectivity index (χ0) is 16.0. The molecule has 2 aliphatic rings. The lowest BCUT2D eigenvalue weighted by atomic mass is 10.00. The number of fused-ring (bicyclic) bond motifs is 1. The number of benzene rings is 2. The Bertz CT molecular complexity index is 742. The Hall–Kier alpha value is -1.58. The van der Waals surface area contributed by atoms with Crippen LogP contribution in [0.2, 0.25) is 0 Å². The lowest BCUT2D eigenvalue weighted by molar-refractivity contribution is -0.133. The molecule has 4 rings (SSSR count). The summed E-state index contributed by atoms with van der Waals surface area (Å²) >= 11 is 0. The Labute approximate surface area is 149 Å². The van der Waals surface area contributed by atoms with Crippen molar-refractivity contribution in [3.63, 3.8) is 0 Å². The van der Waals surface area contributed by atoms with Gasteiger partial charge in [-0.2, -0.15) is 0 Å². The van der Waals surface area contributed by atoms with Crippen molar-refractivity contribution in [2.75, 3.05) is 13.1 Å². The molecule has 1 saturated heterocycles. The molecule has 4 unspecified atom stereocenters. The molecule has 24 heavy (non-hydrogen) atoms. The highest BCUT2D eigenvalue weighted by Gasteiger charge is 2.48. The molecule has 0 radical (unpaired) electrons. The maximum Gasteiger partial charge on any atom is 0.226 e. The van der Waals surface area contributed by atoms with E-state index in [-0.39, 0.29) is 18.3 Å². The fourth-order valence-corrected chi connectivity index (χ4v) is 4.22. The van der Waals surface area contributed by atoms with Crippen molar-refractivity contribution in [2.45, 2.75) is 31.7 Å². The van der Waals surface area contributed by atoms with E-state index in [0.29, 0.717) is 30.3 Å². The molecule has 2 N–H and O–H groups in total. The fourth-order valence-electron chi connectivity index (χ4n) is 4.22.